The second kappa shape index (κ2) is 3.20. The van der Waals surface area contributed by atoms with E-state index < -0.39 is 11.9 Å². The van der Waals surface area contributed by atoms with Crippen molar-refractivity contribution in [3.63, 3.8) is 0 Å². The first-order valence-electron chi connectivity index (χ1n) is 4.60. The fourth-order valence-electron chi connectivity index (χ4n) is 1.71. The maximum absolute atomic E-state index is 11.3. The lowest BCUT2D eigenvalue weighted by atomic mass is 10.1. The molecule has 0 atom stereocenters. The van der Waals surface area contributed by atoms with Crippen molar-refractivity contribution < 1.29 is 14.3 Å². The van der Waals surface area contributed by atoms with Gasteiger partial charge in [0.25, 0.3) is 0 Å². The molecule has 0 unspecified atom stereocenters. The number of esters is 2. The number of aryl methyl sites for hydroxylation is 1. The van der Waals surface area contributed by atoms with E-state index in [9.17, 15) is 9.59 Å². The molecule has 14 heavy (non-hydrogen) atoms. The first-order chi connectivity index (χ1) is 6.69. The first kappa shape index (κ1) is 9.40. The average Bonchev–Trinajstić information content (AvgIpc) is 2.66. The zero-order valence-electron chi connectivity index (χ0n) is 8.05. The molecular weight excluding hydrogens is 200 g/mol. The number of fused-ring (bicyclic) bond motifs is 1. The number of hydrogen-bond acceptors (Lipinski definition) is 4. The predicted molar refractivity (Wildman–Crippen MR) is 52.8 cm³/mol. The topological polar surface area (TPSA) is 43.4 Å². The fourth-order valence-corrected chi connectivity index (χ4v) is 2.91. The summed E-state index contributed by atoms with van der Waals surface area (Å²) in [6.45, 7) is 4.01. The van der Waals surface area contributed by atoms with Crippen LogP contribution in [0.4, 0.5) is 0 Å². The van der Waals surface area contributed by atoms with Crippen LogP contribution in [-0.4, -0.2) is 11.9 Å². The molecule has 0 spiro atoms. The lowest BCUT2D eigenvalue weighted by Gasteiger charge is -1.98. The molecule has 2 heterocycles. The summed E-state index contributed by atoms with van der Waals surface area (Å²) < 4.78 is 4.55. The fraction of sp³-hybridized carbons (Fsp3) is 0.400. The van der Waals surface area contributed by atoms with E-state index in [1.165, 1.54) is 11.3 Å². The van der Waals surface area contributed by atoms with Crippen LogP contribution in [0.3, 0.4) is 0 Å². The summed E-state index contributed by atoms with van der Waals surface area (Å²) >= 11 is 1.39. The summed E-state index contributed by atoms with van der Waals surface area (Å²) in [5, 5.41) is 0. The van der Waals surface area contributed by atoms with E-state index in [-0.39, 0.29) is 0 Å². The SMILES string of the molecule is CCc1sc2c(c1CC)C(=O)OC2=O. The van der Waals surface area contributed by atoms with Crippen molar-refractivity contribution in [2.75, 3.05) is 0 Å². The number of carbonyl (C=O) groups excluding carboxylic acids is 2. The van der Waals surface area contributed by atoms with Crippen LogP contribution in [0.2, 0.25) is 0 Å². The molecule has 0 saturated heterocycles. The van der Waals surface area contributed by atoms with Crippen LogP contribution in [0, 0.1) is 0 Å². The van der Waals surface area contributed by atoms with E-state index in [1.807, 2.05) is 13.8 Å². The largest absolute Gasteiger partial charge is 0.385 e. The van der Waals surface area contributed by atoms with Crippen molar-refractivity contribution >= 4 is 23.3 Å². The number of cyclic esters (lactones) is 2. The van der Waals surface area contributed by atoms with Gasteiger partial charge in [0, 0.05) is 4.88 Å². The van der Waals surface area contributed by atoms with Gasteiger partial charge >= 0.3 is 11.9 Å². The highest BCUT2D eigenvalue weighted by molar-refractivity contribution is 7.14. The summed E-state index contributed by atoms with van der Waals surface area (Å²) in [7, 11) is 0. The normalized spacial score (nSPS) is 14.4. The van der Waals surface area contributed by atoms with Gasteiger partial charge in [-0.25, -0.2) is 9.59 Å². The highest BCUT2D eigenvalue weighted by atomic mass is 32.1. The Bertz CT molecular complexity index is 417. The van der Waals surface area contributed by atoms with Crippen LogP contribution < -0.4 is 0 Å². The molecule has 0 amide bonds. The minimum atomic E-state index is -0.482. The zero-order chi connectivity index (χ0) is 10.3. The summed E-state index contributed by atoms with van der Waals surface area (Å²) in [6, 6.07) is 0. The third-order valence-electron chi connectivity index (χ3n) is 2.34. The molecule has 4 heteroatoms. The molecule has 0 aliphatic carbocycles. The van der Waals surface area contributed by atoms with Crippen molar-refractivity contribution in [1.29, 1.82) is 0 Å². The molecule has 0 N–H and O–H groups in total. The quantitative estimate of drug-likeness (QED) is 0.555. The molecule has 1 aromatic rings. The van der Waals surface area contributed by atoms with Crippen LogP contribution in [0.15, 0.2) is 0 Å². The van der Waals surface area contributed by atoms with Crippen LogP contribution in [0.5, 0.6) is 0 Å². The number of hydrogen-bond donors (Lipinski definition) is 0. The van der Waals surface area contributed by atoms with Gasteiger partial charge in [-0.2, -0.15) is 0 Å². The molecule has 0 radical (unpaired) electrons. The minimum absolute atomic E-state index is 0.474. The summed E-state index contributed by atoms with van der Waals surface area (Å²) in [6.07, 6.45) is 1.64. The lowest BCUT2D eigenvalue weighted by molar-refractivity contribution is 0.0445. The standard InChI is InChI=1S/C10H10O3S/c1-3-5-6(4-2)14-8-7(5)9(11)13-10(8)12/h3-4H2,1-2H3. The number of carbonyl (C=O) groups is 2. The Morgan fingerprint density at radius 3 is 2.43 bits per heavy atom. The Morgan fingerprint density at radius 2 is 1.86 bits per heavy atom. The molecular formula is C10H10O3S. The van der Waals surface area contributed by atoms with Crippen LogP contribution in [-0.2, 0) is 17.6 Å². The Hall–Kier alpha value is -1.16. The van der Waals surface area contributed by atoms with E-state index >= 15 is 0 Å². The van der Waals surface area contributed by atoms with Crippen molar-refractivity contribution in [1.82, 2.24) is 0 Å². The number of thiophene rings is 1. The predicted octanol–water partition coefficient (Wildman–Crippen LogP) is 2.18. The Balaban J connectivity index is 2.65. The molecule has 1 aliphatic rings. The van der Waals surface area contributed by atoms with E-state index in [4.69, 9.17) is 0 Å². The summed E-state index contributed by atoms with van der Waals surface area (Å²) in [5.74, 6) is -0.956. The van der Waals surface area contributed by atoms with Crippen molar-refractivity contribution in [3.05, 3.63) is 20.9 Å². The van der Waals surface area contributed by atoms with Gasteiger partial charge in [-0.3, -0.25) is 0 Å². The molecule has 0 aromatic carbocycles. The molecule has 0 bridgehead atoms. The molecule has 0 fully saturated rings. The second-order valence-corrected chi connectivity index (χ2v) is 4.20. The molecule has 1 aromatic heterocycles. The second-order valence-electron chi connectivity index (χ2n) is 3.09. The van der Waals surface area contributed by atoms with Crippen LogP contribution in [0.1, 0.15) is 44.3 Å². The third-order valence-corrected chi connectivity index (χ3v) is 3.70. The first-order valence-corrected chi connectivity index (χ1v) is 5.41. The van der Waals surface area contributed by atoms with Crippen molar-refractivity contribution in [3.8, 4) is 0 Å². The van der Waals surface area contributed by atoms with Gasteiger partial charge in [-0.05, 0) is 18.4 Å². The van der Waals surface area contributed by atoms with Gasteiger partial charge < -0.3 is 4.74 Å². The minimum Gasteiger partial charge on any atom is -0.385 e. The van der Waals surface area contributed by atoms with Gasteiger partial charge in [0.1, 0.15) is 4.88 Å². The highest BCUT2D eigenvalue weighted by Crippen LogP contribution is 2.34. The Morgan fingerprint density at radius 1 is 1.14 bits per heavy atom. The van der Waals surface area contributed by atoms with Gasteiger partial charge in [-0.15, -0.1) is 11.3 Å². The maximum atomic E-state index is 11.3. The molecule has 3 nitrogen and oxygen atoms in total. The lowest BCUT2D eigenvalue weighted by Crippen LogP contribution is -2.01. The number of rotatable bonds is 2. The Labute approximate surface area is 85.7 Å². The van der Waals surface area contributed by atoms with Gasteiger partial charge in [0.15, 0.2) is 0 Å². The van der Waals surface area contributed by atoms with Gasteiger partial charge in [0.2, 0.25) is 0 Å². The molecule has 74 valence electrons. The van der Waals surface area contributed by atoms with E-state index in [2.05, 4.69) is 4.74 Å². The molecule has 2 rings (SSSR count). The summed E-state index contributed by atoms with van der Waals surface area (Å²) in [4.78, 5) is 24.2. The van der Waals surface area contributed by atoms with E-state index in [0.29, 0.717) is 10.4 Å². The molecule has 0 saturated carbocycles. The highest BCUT2D eigenvalue weighted by Gasteiger charge is 2.35. The average molecular weight is 210 g/mol. The third kappa shape index (κ3) is 1.10. The van der Waals surface area contributed by atoms with Gasteiger partial charge in [-0.1, -0.05) is 13.8 Å². The number of ether oxygens (including phenoxy) is 1. The summed E-state index contributed by atoms with van der Waals surface area (Å²) in [5.41, 5.74) is 1.50. The van der Waals surface area contributed by atoms with E-state index in [0.717, 1.165) is 23.3 Å². The van der Waals surface area contributed by atoms with E-state index in [1.54, 1.807) is 0 Å². The smallest absolute Gasteiger partial charge is 0.357 e. The van der Waals surface area contributed by atoms with Crippen LogP contribution >= 0.6 is 11.3 Å². The van der Waals surface area contributed by atoms with Crippen molar-refractivity contribution in [2.24, 2.45) is 0 Å². The van der Waals surface area contributed by atoms with Crippen molar-refractivity contribution in [2.45, 2.75) is 26.7 Å². The van der Waals surface area contributed by atoms with Crippen LogP contribution in [0.25, 0.3) is 0 Å². The maximum Gasteiger partial charge on any atom is 0.357 e. The van der Waals surface area contributed by atoms with Gasteiger partial charge in [0.05, 0.1) is 5.56 Å². The Kier molecular flexibility index (Phi) is 2.15. The zero-order valence-corrected chi connectivity index (χ0v) is 8.86. The molecule has 1 aliphatic heterocycles. The monoisotopic (exact) mass is 210 g/mol.